The zero-order valence-corrected chi connectivity index (χ0v) is 10.5. The zero-order chi connectivity index (χ0) is 11.1. The summed E-state index contributed by atoms with van der Waals surface area (Å²) in [4.78, 5) is 0. The lowest BCUT2D eigenvalue weighted by Gasteiger charge is -2.06. The third-order valence-corrected chi connectivity index (χ3v) is 3.32. The van der Waals surface area contributed by atoms with E-state index < -0.39 is 0 Å². The molecule has 0 saturated heterocycles. The Morgan fingerprint density at radius 3 is 2.88 bits per heavy atom. The molecule has 80 valence electrons. The number of aryl methyl sites for hydroxylation is 1. The highest BCUT2D eigenvalue weighted by Crippen LogP contribution is 2.35. The minimum Gasteiger partial charge on any atom is -0.461 e. The summed E-state index contributed by atoms with van der Waals surface area (Å²) in [7, 11) is 0. The van der Waals surface area contributed by atoms with Crippen molar-refractivity contribution in [3.8, 4) is 11.3 Å². The van der Waals surface area contributed by atoms with Crippen molar-refractivity contribution >= 4 is 22.0 Å². The number of hydrogen-bond donors (Lipinski definition) is 0. The van der Waals surface area contributed by atoms with Crippen LogP contribution in [-0.4, -0.2) is 0 Å². The van der Waals surface area contributed by atoms with E-state index in [1.165, 1.54) is 16.7 Å². The van der Waals surface area contributed by atoms with Gasteiger partial charge in [-0.2, -0.15) is 0 Å². The SMILES string of the molecule is Cc1ccc(-c2cc(Br)cc3c2C=CC3)o1. The van der Waals surface area contributed by atoms with Gasteiger partial charge >= 0.3 is 0 Å². The maximum atomic E-state index is 5.70. The van der Waals surface area contributed by atoms with Gasteiger partial charge in [-0.05, 0) is 48.7 Å². The standard InChI is InChI=1S/C14H11BrO/c1-9-5-6-14(16-9)13-8-11(15)7-10-3-2-4-12(10)13/h2,4-8H,3H2,1H3. The third kappa shape index (κ3) is 1.54. The van der Waals surface area contributed by atoms with Crippen LogP contribution in [0.5, 0.6) is 0 Å². The molecule has 1 aromatic heterocycles. The predicted molar refractivity (Wildman–Crippen MR) is 69.3 cm³/mol. The summed E-state index contributed by atoms with van der Waals surface area (Å²) in [6, 6.07) is 8.33. The van der Waals surface area contributed by atoms with E-state index in [1.54, 1.807) is 0 Å². The van der Waals surface area contributed by atoms with Crippen LogP contribution in [0.1, 0.15) is 16.9 Å². The molecule has 0 fully saturated rings. The molecule has 3 rings (SSSR count). The molecule has 1 heterocycles. The fraction of sp³-hybridized carbons (Fsp3) is 0.143. The number of hydrogen-bond acceptors (Lipinski definition) is 1. The maximum absolute atomic E-state index is 5.70. The fourth-order valence-electron chi connectivity index (χ4n) is 2.13. The van der Waals surface area contributed by atoms with Crippen LogP contribution in [0, 0.1) is 6.92 Å². The van der Waals surface area contributed by atoms with Crippen molar-refractivity contribution in [3.63, 3.8) is 0 Å². The maximum Gasteiger partial charge on any atom is 0.134 e. The molecule has 0 aliphatic heterocycles. The predicted octanol–water partition coefficient (Wildman–Crippen LogP) is 4.59. The monoisotopic (exact) mass is 274 g/mol. The van der Waals surface area contributed by atoms with Gasteiger partial charge in [0, 0.05) is 10.0 Å². The van der Waals surface area contributed by atoms with E-state index in [4.69, 9.17) is 4.42 Å². The van der Waals surface area contributed by atoms with Crippen molar-refractivity contribution < 1.29 is 4.42 Å². The lowest BCUT2D eigenvalue weighted by molar-refractivity contribution is 0.548. The second-order valence-corrected chi connectivity index (χ2v) is 4.96. The van der Waals surface area contributed by atoms with Gasteiger partial charge in [0.05, 0.1) is 0 Å². The second-order valence-electron chi connectivity index (χ2n) is 4.04. The van der Waals surface area contributed by atoms with Gasteiger partial charge in [0.25, 0.3) is 0 Å². The number of halogens is 1. The summed E-state index contributed by atoms with van der Waals surface area (Å²) in [5, 5.41) is 0. The lowest BCUT2D eigenvalue weighted by atomic mass is 10.0. The molecule has 0 saturated carbocycles. The van der Waals surface area contributed by atoms with Crippen LogP contribution >= 0.6 is 15.9 Å². The van der Waals surface area contributed by atoms with E-state index >= 15 is 0 Å². The first-order valence-electron chi connectivity index (χ1n) is 5.30. The Morgan fingerprint density at radius 2 is 2.12 bits per heavy atom. The van der Waals surface area contributed by atoms with E-state index in [9.17, 15) is 0 Å². The summed E-state index contributed by atoms with van der Waals surface area (Å²) in [6.07, 6.45) is 5.38. The summed E-state index contributed by atoms with van der Waals surface area (Å²) < 4.78 is 6.81. The van der Waals surface area contributed by atoms with E-state index in [0.29, 0.717) is 0 Å². The van der Waals surface area contributed by atoms with Gasteiger partial charge in [-0.25, -0.2) is 0 Å². The van der Waals surface area contributed by atoms with Crippen molar-refractivity contribution in [1.82, 2.24) is 0 Å². The van der Waals surface area contributed by atoms with Crippen LogP contribution in [0.4, 0.5) is 0 Å². The van der Waals surface area contributed by atoms with Crippen molar-refractivity contribution in [1.29, 1.82) is 0 Å². The first-order chi connectivity index (χ1) is 7.74. The molecule has 0 atom stereocenters. The number of furan rings is 1. The van der Waals surface area contributed by atoms with Gasteiger partial charge in [-0.15, -0.1) is 0 Å². The molecule has 2 heteroatoms. The first-order valence-corrected chi connectivity index (χ1v) is 6.09. The highest BCUT2D eigenvalue weighted by atomic mass is 79.9. The van der Waals surface area contributed by atoms with Gasteiger partial charge in [0.1, 0.15) is 11.5 Å². The zero-order valence-electron chi connectivity index (χ0n) is 8.96. The lowest BCUT2D eigenvalue weighted by Crippen LogP contribution is -1.86. The molecule has 1 aromatic carbocycles. The number of rotatable bonds is 1. The van der Waals surface area contributed by atoms with Crippen LogP contribution in [0.25, 0.3) is 17.4 Å². The number of fused-ring (bicyclic) bond motifs is 1. The quantitative estimate of drug-likeness (QED) is 0.742. The molecule has 1 nitrogen and oxygen atoms in total. The van der Waals surface area contributed by atoms with Gasteiger partial charge in [-0.3, -0.25) is 0 Å². The average molecular weight is 275 g/mol. The van der Waals surface area contributed by atoms with Crippen LogP contribution in [0.2, 0.25) is 0 Å². The second kappa shape index (κ2) is 3.63. The van der Waals surface area contributed by atoms with Crippen LogP contribution in [0.15, 0.2) is 39.2 Å². The molecule has 1 aliphatic rings. The summed E-state index contributed by atoms with van der Waals surface area (Å²) in [5.74, 6) is 1.90. The van der Waals surface area contributed by atoms with E-state index in [2.05, 4.69) is 40.2 Å². The smallest absolute Gasteiger partial charge is 0.134 e. The number of allylic oxidation sites excluding steroid dienone is 1. The van der Waals surface area contributed by atoms with Crippen molar-refractivity contribution in [2.24, 2.45) is 0 Å². The summed E-state index contributed by atoms with van der Waals surface area (Å²) in [6.45, 7) is 1.97. The summed E-state index contributed by atoms with van der Waals surface area (Å²) >= 11 is 3.55. The fourth-order valence-corrected chi connectivity index (χ4v) is 2.63. The van der Waals surface area contributed by atoms with E-state index in [0.717, 1.165) is 22.4 Å². The molecule has 0 amide bonds. The van der Waals surface area contributed by atoms with Crippen molar-refractivity contribution in [3.05, 3.63) is 51.7 Å². The van der Waals surface area contributed by atoms with Crippen LogP contribution < -0.4 is 0 Å². The normalized spacial score (nSPS) is 13.1. The van der Waals surface area contributed by atoms with Crippen LogP contribution in [-0.2, 0) is 6.42 Å². The summed E-state index contributed by atoms with van der Waals surface area (Å²) in [5.41, 5.74) is 3.82. The van der Waals surface area contributed by atoms with Gasteiger partial charge in [-0.1, -0.05) is 28.1 Å². The highest BCUT2D eigenvalue weighted by Gasteiger charge is 2.14. The van der Waals surface area contributed by atoms with Crippen LogP contribution in [0.3, 0.4) is 0 Å². The van der Waals surface area contributed by atoms with Crippen molar-refractivity contribution in [2.45, 2.75) is 13.3 Å². The minimum atomic E-state index is 0.946. The molecule has 0 N–H and O–H groups in total. The Morgan fingerprint density at radius 1 is 1.25 bits per heavy atom. The Kier molecular flexibility index (Phi) is 2.25. The van der Waals surface area contributed by atoms with Crippen molar-refractivity contribution in [2.75, 3.05) is 0 Å². The molecule has 0 bridgehead atoms. The first kappa shape index (κ1) is 9.91. The molecule has 0 unspecified atom stereocenters. The Hall–Kier alpha value is -1.28. The highest BCUT2D eigenvalue weighted by molar-refractivity contribution is 9.10. The third-order valence-electron chi connectivity index (χ3n) is 2.86. The average Bonchev–Trinajstić information content (AvgIpc) is 2.84. The van der Waals surface area contributed by atoms with Gasteiger partial charge in [0.2, 0.25) is 0 Å². The molecule has 16 heavy (non-hydrogen) atoms. The molecule has 0 spiro atoms. The molecular formula is C14H11BrO. The number of benzene rings is 1. The Labute approximate surface area is 103 Å². The van der Waals surface area contributed by atoms with E-state index in [-0.39, 0.29) is 0 Å². The van der Waals surface area contributed by atoms with Gasteiger partial charge < -0.3 is 4.42 Å². The molecule has 1 aliphatic carbocycles. The molecule has 0 radical (unpaired) electrons. The van der Waals surface area contributed by atoms with Gasteiger partial charge in [0.15, 0.2) is 0 Å². The topological polar surface area (TPSA) is 13.1 Å². The Bertz CT molecular complexity index is 578. The molecule has 2 aromatic rings. The van der Waals surface area contributed by atoms with E-state index in [1.807, 2.05) is 19.1 Å². The largest absolute Gasteiger partial charge is 0.461 e. The minimum absolute atomic E-state index is 0.946. The molecular weight excluding hydrogens is 264 g/mol. The Balaban J connectivity index is 2.24.